The van der Waals surface area contributed by atoms with Crippen LogP contribution in [0.4, 0.5) is 19.1 Å². The van der Waals surface area contributed by atoms with Gasteiger partial charge in [0.15, 0.2) is 5.82 Å². The first kappa shape index (κ1) is 22.4. The molecule has 1 saturated carbocycles. The number of carbonyl (C=O) groups is 1. The third kappa shape index (κ3) is 4.06. The standard InChI is InChI=1S/C19H23ClN6.C2HF3O2/c1-18(4-5-18)25-7-13-6-14(20)2-3-15(13)26-16(8-25)22-23-17(26)24-11-19(12-24)9-21-10-19;3-2(4,5)1(6)7/h2-3,6,21H,4-5,7-12H2,1H3;(H,6,7). The van der Waals surface area contributed by atoms with Crippen LogP contribution in [0.1, 0.15) is 31.2 Å². The second-order valence-corrected chi connectivity index (χ2v) is 10.1. The summed E-state index contributed by atoms with van der Waals surface area (Å²) in [5, 5.41) is 20.5. The summed E-state index contributed by atoms with van der Waals surface area (Å²) in [6.07, 6.45) is -2.57. The molecule has 0 bridgehead atoms. The number of carboxylic acid groups (broad SMARTS) is 1. The van der Waals surface area contributed by atoms with Crippen molar-refractivity contribution >= 4 is 23.5 Å². The Labute approximate surface area is 193 Å². The number of fused-ring (bicyclic) bond motifs is 3. The molecule has 1 spiro atoms. The lowest BCUT2D eigenvalue weighted by atomic mass is 9.75. The van der Waals surface area contributed by atoms with Crippen LogP contribution in [0.5, 0.6) is 0 Å². The van der Waals surface area contributed by atoms with Gasteiger partial charge in [-0.25, -0.2) is 4.79 Å². The Hall–Kier alpha value is -2.37. The lowest BCUT2D eigenvalue weighted by Gasteiger charge is -2.56. The summed E-state index contributed by atoms with van der Waals surface area (Å²) < 4.78 is 34.0. The fourth-order valence-electron chi connectivity index (χ4n) is 4.68. The van der Waals surface area contributed by atoms with Crippen LogP contribution in [-0.4, -0.2) is 68.6 Å². The lowest BCUT2D eigenvalue weighted by Crippen LogP contribution is -2.71. The molecule has 4 aliphatic rings. The number of alkyl halides is 3. The lowest BCUT2D eigenvalue weighted by molar-refractivity contribution is -0.192. The number of halogens is 4. The third-order valence-electron chi connectivity index (χ3n) is 7.00. The van der Waals surface area contributed by atoms with Crippen molar-refractivity contribution in [3.05, 3.63) is 34.6 Å². The quantitative estimate of drug-likeness (QED) is 0.678. The summed E-state index contributed by atoms with van der Waals surface area (Å²) in [4.78, 5) is 13.8. The predicted octanol–water partition coefficient (Wildman–Crippen LogP) is 2.83. The Balaban J connectivity index is 0.000000287. The molecule has 12 heteroatoms. The highest BCUT2D eigenvalue weighted by Gasteiger charge is 2.50. The van der Waals surface area contributed by atoms with Crippen molar-refractivity contribution in [3.63, 3.8) is 0 Å². The van der Waals surface area contributed by atoms with E-state index in [0.29, 0.717) is 11.0 Å². The second kappa shape index (κ2) is 7.57. The van der Waals surface area contributed by atoms with Crippen molar-refractivity contribution in [2.45, 2.75) is 44.6 Å². The molecule has 1 aromatic heterocycles. The largest absolute Gasteiger partial charge is 0.490 e. The third-order valence-corrected chi connectivity index (χ3v) is 7.24. The van der Waals surface area contributed by atoms with Gasteiger partial charge in [-0.15, -0.1) is 10.2 Å². The number of hydrogen-bond acceptors (Lipinski definition) is 6. The molecule has 178 valence electrons. The number of anilines is 1. The number of nitrogens with zero attached hydrogens (tertiary/aromatic N) is 5. The van der Waals surface area contributed by atoms with Crippen LogP contribution >= 0.6 is 11.6 Å². The zero-order chi connectivity index (χ0) is 23.6. The molecular formula is C21H24ClF3N6O2. The Morgan fingerprint density at radius 1 is 1.18 bits per heavy atom. The number of benzene rings is 1. The van der Waals surface area contributed by atoms with E-state index >= 15 is 0 Å². The molecule has 0 atom stereocenters. The monoisotopic (exact) mass is 484 g/mol. The summed E-state index contributed by atoms with van der Waals surface area (Å²) >= 11 is 6.34. The van der Waals surface area contributed by atoms with Crippen LogP contribution in [0.3, 0.4) is 0 Å². The van der Waals surface area contributed by atoms with Gasteiger partial charge >= 0.3 is 12.1 Å². The van der Waals surface area contributed by atoms with Crippen molar-refractivity contribution in [2.75, 3.05) is 31.1 Å². The maximum atomic E-state index is 10.6. The molecule has 2 saturated heterocycles. The minimum Gasteiger partial charge on any atom is -0.475 e. The van der Waals surface area contributed by atoms with Crippen molar-refractivity contribution in [1.82, 2.24) is 25.0 Å². The van der Waals surface area contributed by atoms with Crippen molar-refractivity contribution in [2.24, 2.45) is 5.41 Å². The number of rotatable bonds is 2. The molecule has 2 aromatic rings. The Morgan fingerprint density at radius 2 is 1.85 bits per heavy atom. The molecule has 3 aliphatic heterocycles. The van der Waals surface area contributed by atoms with Crippen LogP contribution in [0.25, 0.3) is 5.69 Å². The normalized spacial score (nSPS) is 22.2. The summed E-state index contributed by atoms with van der Waals surface area (Å²) in [7, 11) is 0. The van der Waals surface area contributed by atoms with Gasteiger partial charge in [-0.3, -0.25) is 9.47 Å². The zero-order valence-corrected chi connectivity index (χ0v) is 18.7. The van der Waals surface area contributed by atoms with Gasteiger partial charge in [-0.05, 0) is 43.5 Å². The fraction of sp³-hybridized carbons (Fsp3) is 0.571. The summed E-state index contributed by atoms with van der Waals surface area (Å²) in [5.74, 6) is -0.724. The van der Waals surface area contributed by atoms with E-state index in [4.69, 9.17) is 21.5 Å². The summed E-state index contributed by atoms with van der Waals surface area (Å²) in [6.45, 7) is 8.52. The van der Waals surface area contributed by atoms with Gasteiger partial charge in [0.1, 0.15) is 0 Å². The van der Waals surface area contributed by atoms with E-state index < -0.39 is 12.1 Å². The SMILES string of the molecule is CC1(N2Cc3cc(Cl)ccc3-n3c(nnc3N3CC4(CNC4)C3)C2)CC1.O=C(O)C(F)(F)F. The Kier molecular flexibility index (Phi) is 5.15. The number of carboxylic acids is 1. The van der Waals surface area contributed by atoms with Crippen LogP contribution in [0, 0.1) is 5.41 Å². The maximum Gasteiger partial charge on any atom is 0.490 e. The molecule has 3 fully saturated rings. The molecule has 4 heterocycles. The number of hydrogen-bond donors (Lipinski definition) is 2. The first-order valence-corrected chi connectivity index (χ1v) is 11.1. The predicted molar refractivity (Wildman–Crippen MR) is 114 cm³/mol. The molecule has 1 aromatic carbocycles. The molecule has 33 heavy (non-hydrogen) atoms. The van der Waals surface area contributed by atoms with Gasteiger partial charge in [-0.1, -0.05) is 11.6 Å². The van der Waals surface area contributed by atoms with E-state index in [0.717, 1.165) is 56.1 Å². The van der Waals surface area contributed by atoms with E-state index in [1.165, 1.54) is 24.1 Å². The molecule has 8 nitrogen and oxygen atoms in total. The maximum absolute atomic E-state index is 10.6. The molecule has 0 radical (unpaired) electrons. The molecular weight excluding hydrogens is 461 g/mol. The minimum absolute atomic E-state index is 0.291. The molecule has 1 aliphatic carbocycles. The van der Waals surface area contributed by atoms with E-state index in [2.05, 4.69) is 48.9 Å². The van der Waals surface area contributed by atoms with E-state index in [-0.39, 0.29) is 0 Å². The van der Waals surface area contributed by atoms with Gasteiger partial charge in [0.05, 0.1) is 12.2 Å². The zero-order valence-electron chi connectivity index (χ0n) is 18.0. The number of aliphatic carboxylic acids is 1. The first-order chi connectivity index (χ1) is 15.5. The minimum atomic E-state index is -5.08. The van der Waals surface area contributed by atoms with Gasteiger partial charge < -0.3 is 15.3 Å². The average molecular weight is 485 g/mol. The van der Waals surface area contributed by atoms with E-state index in [1.807, 2.05) is 6.07 Å². The van der Waals surface area contributed by atoms with Crippen molar-refractivity contribution < 1.29 is 23.1 Å². The van der Waals surface area contributed by atoms with Gasteiger partial charge in [-0.2, -0.15) is 13.2 Å². The molecule has 0 unspecified atom stereocenters. The Morgan fingerprint density at radius 3 is 2.39 bits per heavy atom. The smallest absolute Gasteiger partial charge is 0.475 e. The van der Waals surface area contributed by atoms with Crippen LogP contribution in [0.2, 0.25) is 5.02 Å². The number of nitrogens with one attached hydrogen (secondary N) is 1. The van der Waals surface area contributed by atoms with Crippen molar-refractivity contribution in [1.29, 1.82) is 0 Å². The van der Waals surface area contributed by atoms with Crippen LogP contribution < -0.4 is 10.2 Å². The van der Waals surface area contributed by atoms with Crippen molar-refractivity contribution in [3.8, 4) is 5.69 Å². The van der Waals surface area contributed by atoms with Gasteiger partial charge in [0.2, 0.25) is 5.95 Å². The highest BCUT2D eigenvalue weighted by atomic mass is 35.5. The average Bonchev–Trinajstić information content (AvgIpc) is 3.33. The highest BCUT2D eigenvalue weighted by molar-refractivity contribution is 6.30. The van der Waals surface area contributed by atoms with E-state index in [1.54, 1.807) is 0 Å². The number of aromatic nitrogens is 3. The fourth-order valence-corrected chi connectivity index (χ4v) is 4.87. The highest BCUT2D eigenvalue weighted by Crippen LogP contribution is 2.45. The second-order valence-electron chi connectivity index (χ2n) is 9.64. The van der Waals surface area contributed by atoms with Gasteiger partial charge in [0, 0.05) is 48.7 Å². The molecule has 2 N–H and O–H groups in total. The Bertz CT molecular complexity index is 1090. The van der Waals surface area contributed by atoms with Gasteiger partial charge in [0.25, 0.3) is 0 Å². The summed E-state index contributed by atoms with van der Waals surface area (Å²) in [6, 6.07) is 6.23. The van der Waals surface area contributed by atoms with Crippen LogP contribution in [0.15, 0.2) is 18.2 Å². The van der Waals surface area contributed by atoms with Crippen LogP contribution in [-0.2, 0) is 17.9 Å². The molecule has 6 rings (SSSR count). The first-order valence-electron chi connectivity index (χ1n) is 10.7. The summed E-state index contributed by atoms with van der Waals surface area (Å²) in [5.41, 5.74) is 3.21. The molecule has 0 amide bonds. The topological polar surface area (TPSA) is 86.5 Å². The van der Waals surface area contributed by atoms with E-state index in [9.17, 15) is 13.2 Å².